The van der Waals surface area contributed by atoms with Crippen LogP contribution in [0.3, 0.4) is 0 Å². The molecule has 43 heavy (non-hydrogen) atoms. The van der Waals surface area contributed by atoms with E-state index in [4.69, 9.17) is 0 Å². The number of nitrogens with one attached hydrogen (secondary N) is 3. The molecule has 3 N–H and O–H groups in total. The molecular formula is C35H51N5O3. The molecule has 1 atom stereocenters. The molecule has 0 aromatic heterocycles. The summed E-state index contributed by atoms with van der Waals surface area (Å²) in [6.45, 7) is 3.60. The zero-order valence-corrected chi connectivity index (χ0v) is 26.2. The van der Waals surface area contributed by atoms with Crippen LogP contribution in [-0.4, -0.2) is 29.2 Å². The van der Waals surface area contributed by atoms with E-state index in [0.29, 0.717) is 17.8 Å². The third kappa shape index (κ3) is 11.2. The lowest BCUT2D eigenvalue weighted by atomic mass is 10.0. The van der Waals surface area contributed by atoms with E-state index < -0.39 is 17.5 Å². The quantitative estimate of drug-likeness (QED) is 0.109. The van der Waals surface area contributed by atoms with Crippen molar-refractivity contribution in [3.05, 3.63) is 60.7 Å². The van der Waals surface area contributed by atoms with Crippen molar-refractivity contribution < 1.29 is 14.4 Å². The maximum absolute atomic E-state index is 13.8. The lowest BCUT2D eigenvalue weighted by Gasteiger charge is -2.31. The van der Waals surface area contributed by atoms with E-state index in [2.05, 4.69) is 28.0 Å². The van der Waals surface area contributed by atoms with Crippen LogP contribution < -0.4 is 21.0 Å². The summed E-state index contributed by atoms with van der Waals surface area (Å²) in [6, 6.07) is 18.0. The zero-order valence-electron chi connectivity index (χ0n) is 26.2. The summed E-state index contributed by atoms with van der Waals surface area (Å²) in [7, 11) is 0. The molecule has 1 unspecified atom stereocenters. The lowest BCUT2D eigenvalue weighted by molar-refractivity contribution is -0.127. The van der Waals surface area contributed by atoms with Crippen LogP contribution in [0.15, 0.2) is 65.8 Å². The van der Waals surface area contributed by atoms with Crippen molar-refractivity contribution in [3.8, 4) is 0 Å². The highest BCUT2D eigenvalue weighted by Crippen LogP contribution is 2.28. The molecular weight excluding hydrogens is 538 g/mol. The van der Waals surface area contributed by atoms with Crippen LogP contribution in [-0.2, 0) is 14.4 Å². The SMILES string of the molecule is CCCCCCCCCCCCCCCCCC(=O)NC1=NN(c2ccccc2)C(=O)C1(NC(C)=O)Nc1ccccc1. The second-order valence-electron chi connectivity index (χ2n) is 11.6. The fourth-order valence-corrected chi connectivity index (χ4v) is 5.45. The van der Waals surface area contributed by atoms with Gasteiger partial charge in [-0.2, -0.15) is 5.01 Å². The molecule has 1 heterocycles. The van der Waals surface area contributed by atoms with E-state index in [1.54, 1.807) is 36.4 Å². The van der Waals surface area contributed by atoms with E-state index in [-0.39, 0.29) is 11.7 Å². The van der Waals surface area contributed by atoms with Crippen molar-refractivity contribution in [2.24, 2.45) is 5.10 Å². The highest BCUT2D eigenvalue weighted by atomic mass is 16.2. The Morgan fingerprint density at radius 2 is 1.21 bits per heavy atom. The fraction of sp³-hybridized carbons (Fsp3) is 0.543. The van der Waals surface area contributed by atoms with E-state index in [1.807, 2.05) is 24.3 Å². The molecule has 2 aromatic carbocycles. The van der Waals surface area contributed by atoms with Crippen molar-refractivity contribution in [1.82, 2.24) is 10.6 Å². The second kappa shape index (κ2) is 18.8. The maximum Gasteiger partial charge on any atom is 0.302 e. The van der Waals surface area contributed by atoms with Gasteiger partial charge in [0, 0.05) is 19.0 Å². The summed E-state index contributed by atoms with van der Waals surface area (Å²) in [4.78, 5) is 39.3. The van der Waals surface area contributed by atoms with Crippen LogP contribution in [0.2, 0.25) is 0 Å². The van der Waals surface area contributed by atoms with Gasteiger partial charge in [-0.3, -0.25) is 14.4 Å². The van der Waals surface area contributed by atoms with E-state index in [1.165, 1.54) is 89.0 Å². The summed E-state index contributed by atoms with van der Waals surface area (Å²) >= 11 is 0. The van der Waals surface area contributed by atoms with Gasteiger partial charge >= 0.3 is 5.91 Å². The van der Waals surface area contributed by atoms with Crippen LogP contribution in [0.4, 0.5) is 11.4 Å². The first kappa shape index (κ1) is 33.8. The predicted molar refractivity (Wildman–Crippen MR) is 176 cm³/mol. The maximum atomic E-state index is 13.8. The van der Waals surface area contributed by atoms with E-state index in [9.17, 15) is 14.4 Å². The molecule has 2 aromatic rings. The van der Waals surface area contributed by atoms with Crippen molar-refractivity contribution in [2.45, 2.75) is 122 Å². The number of amides is 3. The van der Waals surface area contributed by atoms with Gasteiger partial charge in [0.15, 0.2) is 5.84 Å². The summed E-state index contributed by atoms with van der Waals surface area (Å²) in [6.07, 6.45) is 19.2. The fourth-order valence-electron chi connectivity index (χ4n) is 5.45. The van der Waals surface area contributed by atoms with Gasteiger partial charge in [-0.05, 0) is 30.7 Å². The van der Waals surface area contributed by atoms with Crippen LogP contribution in [0.5, 0.6) is 0 Å². The van der Waals surface area contributed by atoms with E-state index in [0.717, 1.165) is 19.3 Å². The van der Waals surface area contributed by atoms with Crippen molar-refractivity contribution in [2.75, 3.05) is 10.3 Å². The third-order valence-electron chi connectivity index (χ3n) is 7.80. The first-order valence-electron chi connectivity index (χ1n) is 16.4. The van der Waals surface area contributed by atoms with Gasteiger partial charge in [-0.15, -0.1) is 5.10 Å². The number of para-hydroxylation sites is 2. The van der Waals surface area contributed by atoms with Crippen LogP contribution in [0, 0.1) is 0 Å². The van der Waals surface area contributed by atoms with Crippen LogP contribution >= 0.6 is 0 Å². The Bertz CT molecular complexity index is 1150. The molecule has 8 nitrogen and oxygen atoms in total. The molecule has 3 rings (SSSR count). The molecule has 0 aliphatic carbocycles. The first-order chi connectivity index (χ1) is 21.0. The summed E-state index contributed by atoms with van der Waals surface area (Å²) in [5.41, 5.74) is -0.624. The third-order valence-corrected chi connectivity index (χ3v) is 7.80. The standard InChI is InChI=1S/C35H51N5O3/c1-3-4-5-6-7-8-9-10-11-12-13-14-15-16-23-28-32(42)36-33-35(37-29(2)41,38-30-24-19-17-20-25-30)34(43)40(39-33)31-26-21-18-22-27-31/h17-22,24-27,38H,3-16,23,28H2,1-2H3,(H,37,41)(H,36,39,42). The summed E-state index contributed by atoms with van der Waals surface area (Å²) < 4.78 is 0. The van der Waals surface area contributed by atoms with Gasteiger partial charge in [0.05, 0.1) is 5.69 Å². The molecule has 1 aliphatic heterocycles. The van der Waals surface area contributed by atoms with Gasteiger partial charge in [0.1, 0.15) is 0 Å². The molecule has 8 heteroatoms. The number of nitrogens with zero attached hydrogens (tertiary/aromatic N) is 2. The Labute approximate surface area is 258 Å². The number of anilines is 2. The number of benzene rings is 2. The van der Waals surface area contributed by atoms with Gasteiger partial charge < -0.3 is 16.0 Å². The molecule has 0 fully saturated rings. The largest absolute Gasteiger partial charge is 0.348 e. The summed E-state index contributed by atoms with van der Waals surface area (Å²) in [5, 5.41) is 14.4. The average Bonchev–Trinajstić information content (AvgIpc) is 3.25. The topological polar surface area (TPSA) is 103 Å². The summed E-state index contributed by atoms with van der Waals surface area (Å²) in [5.74, 6) is -1.14. The Kier molecular flexibility index (Phi) is 14.8. The highest BCUT2D eigenvalue weighted by molar-refractivity contribution is 6.27. The van der Waals surface area contributed by atoms with Crippen LogP contribution in [0.25, 0.3) is 0 Å². The lowest BCUT2D eigenvalue weighted by Crippen LogP contribution is -2.67. The molecule has 0 saturated heterocycles. The highest BCUT2D eigenvalue weighted by Gasteiger charge is 2.54. The second-order valence-corrected chi connectivity index (χ2v) is 11.6. The number of carbonyl (C=O) groups excluding carboxylic acids is 3. The normalized spacial score (nSPS) is 16.2. The number of hydrogen-bond acceptors (Lipinski definition) is 5. The smallest absolute Gasteiger partial charge is 0.302 e. The Morgan fingerprint density at radius 1 is 0.721 bits per heavy atom. The number of carbonyl (C=O) groups is 3. The molecule has 0 spiro atoms. The average molecular weight is 590 g/mol. The molecule has 0 bridgehead atoms. The zero-order chi connectivity index (χ0) is 30.8. The molecule has 3 amide bonds. The van der Waals surface area contributed by atoms with Crippen molar-refractivity contribution >= 4 is 34.9 Å². The molecule has 0 saturated carbocycles. The number of unbranched alkanes of at least 4 members (excludes halogenated alkanes) is 14. The Hall–Kier alpha value is -3.68. The number of hydrogen-bond donors (Lipinski definition) is 3. The van der Waals surface area contributed by atoms with Gasteiger partial charge in [-0.25, -0.2) is 0 Å². The molecule has 0 radical (unpaired) electrons. The minimum atomic E-state index is -1.76. The van der Waals surface area contributed by atoms with Crippen molar-refractivity contribution in [1.29, 1.82) is 0 Å². The van der Waals surface area contributed by atoms with Gasteiger partial charge in [-0.1, -0.05) is 133 Å². The minimum Gasteiger partial charge on any atom is -0.348 e. The number of hydrazone groups is 1. The molecule has 234 valence electrons. The Balaban J connectivity index is 1.47. The van der Waals surface area contributed by atoms with Crippen LogP contribution in [0.1, 0.15) is 117 Å². The van der Waals surface area contributed by atoms with E-state index >= 15 is 0 Å². The van der Waals surface area contributed by atoms with Gasteiger partial charge in [0.25, 0.3) is 5.66 Å². The molecule has 1 aliphatic rings. The Morgan fingerprint density at radius 3 is 1.72 bits per heavy atom. The first-order valence-corrected chi connectivity index (χ1v) is 16.4. The number of rotatable bonds is 20. The van der Waals surface area contributed by atoms with Crippen molar-refractivity contribution in [3.63, 3.8) is 0 Å². The predicted octanol–water partition coefficient (Wildman–Crippen LogP) is 7.67. The minimum absolute atomic E-state index is 0.0476. The monoisotopic (exact) mass is 589 g/mol. The van der Waals surface area contributed by atoms with Gasteiger partial charge in [0.2, 0.25) is 11.8 Å². The number of amidine groups is 1.